The van der Waals surface area contributed by atoms with E-state index < -0.39 is 18.1 Å². The molecule has 0 aromatic carbocycles. The van der Waals surface area contributed by atoms with Crippen LogP contribution in [0.5, 0.6) is 0 Å². The second-order valence-electron chi connectivity index (χ2n) is 5.10. The van der Waals surface area contributed by atoms with Gasteiger partial charge in [-0.2, -0.15) is 13.2 Å². The molecule has 0 aromatic heterocycles. The van der Waals surface area contributed by atoms with E-state index >= 15 is 0 Å². The molecule has 1 amide bonds. The van der Waals surface area contributed by atoms with Crippen molar-refractivity contribution >= 4 is 5.91 Å². The van der Waals surface area contributed by atoms with Gasteiger partial charge in [-0.05, 0) is 26.9 Å². The zero-order chi connectivity index (χ0) is 14.0. The first kappa shape index (κ1) is 15.2. The first-order valence-electron chi connectivity index (χ1n) is 5.91. The smallest absolute Gasteiger partial charge is 0.342 e. The fourth-order valence-corrected chi connectivity index (χ4v) is 2.16. The van der Waals surface area contributed by atoms with Crippen LogP contribution in [0.4, 0.5) is 13.2 Å². The van der Waals surface area contributed by atoms with Crippen molar-refractivity contribution in [1.82, 2.24) is 9.80 Å². The molecule has 7 heteroatoms. The average Bonchev–Trinajstić information content (AvgIpc) is 2.26. The summed E-state index contributed by atoms with van der Waals surface area (Å²) in [5, 5.41) is 0. The highest BCUT2D eigenvalue weighted by atomic mass is 19.4. The van der Waals surface area contributed by atoms with Gasteiger partial charge in [0, 0.05) is 19.6 Å². The number of piperidine rings is 1. The molecule has 0 radical (unpaired) electrons. The molecule has 4 nitrogen and oxygen atoms in total. The second kappa shape index (κ2) is 5.44. The lowest BCUT2D eigenvalue weighted by atomic mass is 9.77. The topological polar surface area (TPSA) is 49.6 Å². The third-order valence-corrected chi connectivity index (χ3v) is 3.52. The predicted molar refractivity (Wildman–Crippen MR) is 61.9 cm³/mol. The van der Waals surface area contributed by atoms with E-state index in [9.17, 15) is 18.0 Å². The largest absolute Gasteiger partial charge is 0.395 e. The lowest BCUT2D eigenvalue weighted by Crippen LogP contribution is -2.54. The van der Waals surface area contributed by atoms with Crippen molar-refractivity contribution in [2.75, 3.05) is 40.3 Å². The molecular weight excluding hydrogens is 247 g/mol. The Hall–Kier alpha value is -0.820. The van der Waals surface area contributed by atoms with Crippen LogP contribution in [0.25, 0.3) is 0 Å². The van der Waals surface area contributed by atoms with Gasteiger partial charge in [0.1, 0.15) is 0 Å². The van der Waals surface area contributed by atoms with Crippen molar-refractivity contribution in [3.8, 4) is 0 Å². The van der Waals surface area contributed by atoms with Gasteiger partial charge >= 0.3 is 6.18 Å². The molecule has 0 aromatic rings. The number of likely N-dealkylation sites (tertiary alicyclic amines) is 1. The van der Waals surface area contributed by atoms with Crippen LogP contribution >= 0.6 is 0 Å². The number of rotatable bonds is 3. The molecule has 0 atom stereocenters. The van der Waals surface area contributed by atoms with E-state index in [2.05, 4.69) is 0 Å². The van der Waals surface area contributed by atoms with Crippen LogP contribution in [0.1, 0.15) is 12.8 Å². The van der Waals surface area contributed by atoms with Gasteiger partial charge < -0.3 is 15.5 Å². The van der Waals surface area contributed by atoms with E-state index in [1.54, 1.807) is 19.0 Å². The Labute approximate surface area is 105 Å². The summed E-state index contributed by atoms with van der Waals surface area (Å²) >= 11 is 0. The van der Waals surface area contributed by atoms with E-state index in [4.69, 9.17) is 5.73 Å². The highest BCUT2D eigenvalue weighted by Gasteiger charge is 2.54. The predicted octanol–water partition coefficient (Wildman–Crippen LogP) is 0.678. The van der Waals surface area contributed by atoms with Crippen molar-refractivity contribution in [2.45, 2.75) is 19.0 Å². The maximum atomic E-state index is 12.9. The number of nitrogens with zero attached hydrogens (tertiary/aromatic N) is 2. The Morgan fingerprint density at radius 3 is 2.17 bits per heavy atom. The number of carbonyl (C=O) groups excluding carboxylic acids is 1. The quantitative estimate of drug-likeness (QED) is 0.818. The molecule has 1 saturated heterocycles. The van der Waals surface area contributed by atoms with E-state index in [0.717, 1.165) is 0 Å². The first-order valence-corrected chi connectivity index (χ1v) is 5.91. The molecule has 1 rings (SSSR count). The minimum Gasteiger partial charge on any atom is -0.342 e. The molecule has 0 bridgehead atoms. The maximum Gasteiger partial charge on any atom is 0.395 e. The molecule has 1 heterocycles. The number of halogens is 3. The minimum atomic E-state index is -4.29. The normalized spacial score (nSPS) is 20.3. The SMILES string of the molecule is CN(C)CC(=O)N1CCC(CN)(C(F)(F)F)CC1. The fraction of sp³-hybridized carbons (Fsp3) is 0.909. The van der Waals surface area contributed by atoms with Gasteiger partial charge in [0.2, 0.25) is 5.91 Å². The summed E-state index contributed by atoms with van der Waals surface area (Å²) in [6.07, 6.45) is -4.50. The van der Waals surface area contributed by atoms with Crippen LogP contribution in [-0.4, -0.2) is 62.2 Å². The van der Waals surface area contributed by atoms with Crippen molar-refractivity contribution in [3.05, 3.63) is 0 Å². The molecule has 0 aliphatic carbocycles. The Morgan fingerprint density at radius 2 is 1.83 bits per heavy atom. The maximum absolute atomic E-state index is 12.9. The van der Waals surface area contributed by atoms with E-state index in [1.807, 2.05) is 0 Å². The third kappa shape index (κ3) is 3.14. The van der Waals surface area contributed by atoms with Crippen LogP contribution < -0.4 is 5.73 Å². The molecule has 0 spiro atoms. The van der Waals surface area contributed by atoms with Gasteiger partial charge in [-0.25, -0.2) is 0 Å². The second-order valence-corrected chi connectivity index (χ2v) is 5.10. The first-order chi connectivity index (χ1) is 8.22. The Kier molecular flexibility index (Phi) is 4.61. The molecule has 18 heavy (non-hydrogen) atoms. The number of hydrogen-bond donors (Lipinski definition) is 1. The number of nitrogens with two attached hydrogens (primary N) is 1. The average molecular weight is 267 g/mol. The summed E-state index contributed by atoms with van der Waals surface area (Å²) in [4.78, 5) is 14.9. The van der Waals surface area contributed by atoms with Gasteiger partial charge in [0.15, 0.2) is 0 Å². The minimum absolute atomic E-state index is 0.105. The Balaban J connectivity index is 2.62. The lowest BCUT2D eigenvalue weighted by molar-refractivity contribution is -0.233. The van der Waals surface area contributed by atoms with Gasteiger partial charge in [-0.15, -0.1) is 0 Å². The zero-order valence-corrected chi connectivity index (χ0v) is 10.8. The Bertz CT molecular complexity index is 296. The summed E-state index contributed by atoms with van der Waals surface area (Å²) in [5.41, 5.74) is 3.48. The van der Waals surface area contributed by atoms with E-state index in [0.29, 0.717) is 0 Å². The summed E-state index contributed by atoms with van der Waals surface area (Å²) < 4.78 is 38.8. The number of carbonyl (C=O) groups is 1. The molecular formula is C11H20F3N3O. The molecule has 106 valence electrons. The number of hydrogen-bond acceptors (Lipinski definition) is 3. The highest BCUT2D eigenvalue weighted by molar-refractivity contribution is 5.78. The van der Waals surface area contributed by atoms with E-state index in [1.165, 1.54) is 4.90 Å². The molecule has 2 N–H and O–H groups in total. The van der Waals surface area contributed by atoms with Crippen molar-refractivity contribution in [3.63, 3.8) is 0 Å². The van der Waals surface area contributed by atoms with E-state index in [-0.39, 0.29) is 38.4 Å². The van der Waals surface area contributed by atoms with Crippen LogP contribution in [-0.2, 0) is 4.79 Å². The van der Waals surface area contributed by atoms with Crippen molar-refractivity contribution < 1.29 is 18.0 Å². The summed E-state index contributed by atoms with van der Waals surface area (Å²) in [6.45, 7) is 0.0701. The van der Waals surface area contributed by atoms with Crippen LogP contribution in [0.2, 0.25) is 0 Å². The van der Waals surface area contributed by atoms with Gasteiger partial charge in [-0.1, -0.05) is 0 Å². The fourth-order valence-electron chi connectivity index (χ4n) is 2.16. The van der Waals surface area contributed by atoms with Gasteiger partial charge in [0.05, 0.1) is 12.0 Å². The lowest BCUT2D eigenvalue weighted by Gasteiger charge is -2.42. The molecule has 0 unspecified atom stereocenters. The van der Waals surface area contributed by atoms with Crippen LogP contribution in [0.3, 0.4) is 0 Å². The van der Waals surface area contributed by atoms with Crippen molar-refractivity contribution in [1.29, 1.82) is 0 Å². The monoisotopic (exact) mass is 267 g/mol. The number of amides is 1. The summed E-state index contributed by atoms with van der Waals surface area (Å²) in [7, 11) is 3.50. The van der Waals surface area contributed by atoms with Gasteiger partial charge in [0.25, 0.3) is 0 Å². The number of likely N-dealkylation sites (N-methyl/N-ethyl adjacent to an activating group) is 1. The summed E-state index contributed by atoms with van der Waals surface area (Å²) in [6, 6.07) is 0. The number of alkyl halides is 3. The molecule has 1 aliphatic rings. The van der Waals surface area contributed by atoms with Crippen LogP contribution in [0, 0.1) is 5.41 Å². The zero-order valence-electron chi connectivity index (χ0n) is 10.8. The van der Waals surface area contributed by atoms with Crippen LogP contribution in [0.15, 0.2) is 0 Å². The van der Waals surface area contributed by atoms with Crippen molar-refractivity contribution in [2.24, 2.45) is 11.1 Å². The summed E-state index contributed by atoms with van der Waals surface area (Å²) in [5.74, 6) is -0.132. The highest BCUT2D eigenvalue weighted by Crippen LogP contribution is 2.45. The standard InChI is InChI=1S/C11H20F3N3O/c1-16(2)7-9(18)17-5-3-10(8-15,4-6-17)11(12,13)14/h3-8,15H2,1-2H3. The van der Waals surface area contributed by atoms with Gasteiger partial charge in [-0.3, -0.25) is 4.79 Å². The Morgan fingerprint density at radius 1 is 1.33 bits per heavy atom. The molecule has 1 fully saturated rings. The third-order valence-electron chi connectivity index (χ3n) is 3.52. The molecule has 0 saturated carbocycles. The molecule has 1 aliphatic heterocycles.